The van der Waals surface area contributed by atoms with Crippen LogP contribution in [0.25, 0.3) is 0 Å². The number of carbonyl (C=O) groups excluding carboxylic acids is 2. The topological polar surface area (TPSA) is 68.0 Å². The summed E-state index contributed by atoms with van der Waals surface area (Å²) in [7, 11) is 1.35. The maximum absolute atomic E-state index is 12.8. The zero-order valence-corrected chi connectivity index (χ0v) is 17.4. The van der Waals surface area contributed by atoms with Crippen LogP contribution in [-0.2, 0) is 11.3 Å². The van der Waals surface area contributed by atoms with E-state index < -0.39 is 5.97 Å². The molecule has 1 aliphatic rings. The molecule has 3 N–H and O–H groups in total. The fourth-order valence-corrected chi connectivity index (χ4v) is 4.21. The van der Waals surface area contributed by atoms with Gasteiger partial charge in [0.2, 0.25) is 5.78 Å². The number of esters is 1. The van der Waals surface area contributed by atoms with Gasteiger partial charge in [0.15, 0.2) is 0 Å². The van der Waals surface area contributed by atoms with Gasteiger partial charge in [-0.2, -0.15) is 0 Å². The van der Waals surface area contributed by atoms with Crippen LogP contribution in [-0.4, -0.2) is 56.6 Å². The van der Waals surface area contributed by atoms with Crippen molar-refractivity contribution in [1.29, 1.82) is 0 Å². The Bertz CT molecular complexity index is 870. The Balaban J connectivity index is 1.56. The summed E-state index contributed by atoms with van der Waals surface area (Å²) < 4.78 is 4.82. The Morgan fingerprint density at radius 1 is 1.14 bits per heavy atom. The van der Waals surface area contributed by atoms with Crippen LogP contribution in [0.15, 0.2) is 24.3 Å². The predicted molar refractivity (Wildman–Crippen MR) is 107 cm³/mol. The van der Waals surface area contributed by atoms with Crippen LogP contribution in [0.3, 0.4) is 0 Å². The third kappa shape index (κ3) is 4.63. The molecule has 1 saturated heterocycles. The minimum Gasteiger partial charge on any atom is -0.465 e. The fraction of sp³-hybridized carbons (Fsp3) is 0.429. The number of ether oxygens (including phenoxy) is 1. The van der Waals surface area contributed by atoms with Gasteiger partial charge in [-0.25, -0.2) is 4.79 Å². The van der Waals surface area contributed by atoms with Crippen molar-refractivity contribution in [3.05, 3.63) is 57.4 Å². The van der Waals surface area contributed by atoms with Crippen molar-refractivity contribution in [2.45, 2.75) is 20.4 Å². The number of quaternary nitrogens is 2. The highest BCUT2D eigenvalue weighted by molar-refractivity contribution is 6.30. The highest BCUT2D eigenvalue weighted by atomic mass is 35.5. The first kappa shape index (κ1) is 20.6. The Morgan fingerprint density at radius 2 is 1.82 bits per heavy atom. The molecule has 2 heterocycles. The number of hydrogen-bond acceptors (Lipinski definition) is 3. The van der Waals surface area contributed by atoms with Gasteiger partial charge < -0.3 is 19.5 Å². The lowest BCUT2D eigenvalue weighted by Crippen LogP contribution is -3.27. The van der Waals surface area contributed by atoms with Crippen molar-refractivity contribution in [2.75, 3.05) is 39.8 Å². The van der Waals surface area contributed by atoms with Crippen LogP contribution < -0.4 is 9.80 Å². The second kappa shape index (κ2) is 8.90. The number of rotatable bonds is 6. The summed E-state index contributed by atoms with van der Waals surface area (Å²) in [5, 5.41) is 0.773. The number of hydrogen-bond donors (Lipinski definition) is 3. The second-order valence-electron chi connectivity index (χ2n) is 7.52. The van der Waals surface area contributed by atoms with E-state index in [-0.39, 0.29) is 5.78 Å². The molecule has 1 aliphatic heterocycles. The molecule has 0 bridgehead atoms. The number of halogens is 1. The number of aromatic amines is 1. The number of carbonyl (C=O) groups is 2. The third-order valence-corrected chi connectivity index (χ3v) is 5.76. The zero-order valence-electron chi connectivity index (χ0n) is 16.7. The number of nitrogens with one attached hydrogen (secondary N) is 3. The molecule has 0 unspecified atom stereocenters. The van der Waals surface area contributed by atoms with Gasteiger partial charge in [0, 0.05) is 16.3 Å². The lowest BCUT2D eigenvalue weighted by molar-refractivity contribution is -1.01. The summed E-state index contributed by atoms with van der Waals surface area (Å²) in [4.78, 5) is 30.6. The average molecular weight is 406 g/mol. The summed E-state index contributed by atoms with van der Waals surface area (Å²) >= 11 is 6.07. The highest BCUT2D eigenvalue weighted by Gasteiger charge is 2.28. The Hall–Kier alpha value is -2.15. The van der Waals surface area contributed by atoms with Gasteiger partial charge in [0.05, 0.1) is 18.4 Å². The quantitative estimate of drug-likeness (QED) is 0.476. The fourth-order valence-electron chi connectivity index (χ4n) is 4.00. The van der Waals surface area contributed by atoms with Gasteiger partial charge in [-0.3, -0.25) is 4.79 Å². The Labute approximate surface area is 170 Å². The van der Waals surface area contributed by atoms with Gasteiger partial charge in [-0.15, -0.1) is 0 Å². The molecule has 7 heteroatoms. The number of benzene rings is 1. The zero-order chi connectivity index (χ0) is 20.3. The molecule has 0 radical (unpaired) electrons. The Kier molecular flexibility index (Phi) is 6.54. The van der Waals surface area contributed by atoms with E-state index in [1.54, 1.807) is 13.8 Å². The minimum absolute atomic E-state index is 0.0454. The number of Topliss-reactive ketones (excluding diaryl/α,β-unsaturated/α-hetero) is 1. The number of ketones is 1. The molecule has 0 aliphatic carbocycles. The number of piperazine rings is 1. The third-order valence-electron chi connectivity index (χ3n) is 5.52. The van der Waals surface area contributed by atoms with E-state index in [0.717, 1.165) is 37.7 Å². The first-order valence-corrected chi connectivity index (χ1v) is 9.99. The second-order valence-corrected chi connectivity index (χ2v) is 7.96. The summed E-state index contributed by atoms with van der Waals surface area (Å²) in [6.07, 6.45) is 0. The number of methoxy groups -OCH3 is 1. The molecule has 28 heavy (non-hydrogen) atoms. The molecule has 150 valence electrons. The molecule has 0 spiro atoms. The molecule has 3 rings (SSSR count). The number of aryl methyl sites for hydroxylation is 1. The SMILES string of the molecule is COC(=O)c1c(C)[nH]c(C(=O)C[NH+]2CC[NH+](Cc3cccc(Cl)c3)CC2)c1C. The highest BCUT2D eigenvalue weighted by Crippen LogP contribution is 2.19. The number of H-pyrrole nitrogens is 1. The van der Waals surface area contributed by atoms with Crippen LogP contribution in [0, 0.1) is 13.8 Å². The first-order chi connectivity index (χ1) is 13.4. The van der Waals surface area contributed by atoms with E-state index in [1.807, 2.05) is 18.2 Å². The predicted octanol–water partition coefficient (Wildman–Crippen LogP) is 0.238. The van der Waals surface area contributed by atoms with E-state index >= 15 is 0 Å². The van der Waals surface area contributed by atoms with Crippen molar-refractivity contribution in [1.82, 2.24) is 4.98 Å². The van der Waals surface area contributed by atoms with Gasteiger partial charge in [-0.1, -0.05) is 23.7 Å². The monoisotopic (exact) mass is 405 g/mol. The van der Waals surface area contributed by atoms with Crippen molar-refractivity contribution in [3.8, 4) is 0 Å². The molecule has 0 amide bonds. The molecule has 1 aromatic heterocycles. The van der Waals surface area contributed by atoms with Crippen LogP contribution in [0.2, 0.25) is 5.02 Å². The van der Waals surface area contributed by atoms with Crippen LogP contribution in [0.4, 0.5) is 0 Å². The van der Waals surface area contributed by atoms with Crippen LogP contribution in [0.1, 0.15) is 37.7 Å². The summed E-state index contributed by atoms with van der Waals surface area (Å²) in [6, 6.07) is 8.01. The van der Waals surface area contributed by atoms with E-state index in [9.17, 15) is 9.59 Å². The van der Waals surface area contributed by atoms with Crippen molar-refractivity contribution in [2.24, 2.45) is 0 Å². The van der Waals surface area contributed by atoms with E-state index in [4.69, 9.17) is 16.3 Å². The lowest BCUT2D eigenvalue weighted by Gasteiger charge is -2.29. The average Bonchev–Trinajstić information content (AvgIpc) is 2.97. The number of aromatic nitrogens is 1. The van der Waals surface area contributed by atoms with Gasteiger partial charge in [-0.05, 0) is 31.5 Å². The lowest BCUT2D eigenvalue weighted by atomic mass is 10.1. The van der Waals surface area contributed by atoms with Crippen LogP contribution >= 0.6 is 11.6 Å². The normalized spacial score (nSPS) is 19.4. The smallest absolute Gasteiger partial charge is 0.339 e. The standard InChI is InChI=1S/C21H26ClN3O3/c1-14-19(21(27)28-3)15(2)23-20(14)18(26)13-25-9-7-24(8-10-25)12-16-5-4-6-17(22)11-16/h4-6,11,23H,7-10,12-13H2,1-3H3/p+2. The summed E-state index contributed by atoms with van der Waals surface area (Å²) in [5.41, 5.74) is 3.60. The maximum Gasteiger partial charge on any atom is 0.339 e. The molecular weight excluding hydrogens is 378 g/mol. The molecule has 6 nitrogen and oxygen atoms in total. The molecule has 0 atom stereocenters. The molecule has 2 aromatic rings. The minimum atomic E-state index is -0.407. The van der Waals surface area contributed by atoms with E-state index in [1.165, 1.54) is 22.5 Å². The van der Waals surface area contributed by atoms with Crippen molar-refractivity contribution >= 4 is 23.4 Å². The molecule has 1 fully saturated rings. The van der Waals surface area contributed by atoms with E-state index in [0.29, 0.717) is 29.1 Å². The molecule has 0 saturated carbocycles. The molecular formula is C21H28ClN3O3+2. The van der Waals surface area contributed by atoms with Gasteiger partial charge in [0.1, 0.15) is 39.3 Å². The van der Waals surface area contributed by atoms with Crippen LogP contribution in [0.5, 0.6) is 0 Å². The van der Waals surface area contributed by atoms with Gasteiger partial charge >= 0.3 is 5.97 Å². The Morgan fingerprint density at radius 3 is 2.46 bits per heavy atom. The van der Waals surface area contributed by atoms with Gasteiger partial charge in [0.25, 0.3) is 0 Å². The van der Waals surface area contributed by atoms with Crippen molar-refractivity contribution in [3.63, 3.8) is 0 Å². The van der Waals surface area contributed by atoms with Crippen molar-refractivity contribution < 1.29 is 24.1 Å². The van der Waals surface area contributed by atoms with E-state index in [2.05, 4.69) is 11.1 Å². The largest absolute Gasteiger partial charge is 0.465 e. The molecule has 1 aromatic carbocycles. The first-order valence-electron chi connectivity index (χ1n) is 9.61. The summed E-state index contributed by atoms with van der Waals surface area (Å²) in [6.45, 7) is 8.92. The maximum atomic E-state index is 12.8. The summed E-state index contributed by atoms with van der Waals surface area (Å²) in [5.74, 6) is -0.361.